The van der Waals surface area contributed by atoms with Gasteiger partial charge in [-0.05, 0) is 79.7 Å². The maximum absolute atomic E-state index is 11.6. The maximum atomic E-state index is 11.6. The molecular formula is C20H28N2O. The molecule has 124 valence electrons. The summed E-state index contributed by atoms with van der Waals surface area (Å²) in [6.45, 7) is 8.42. The van der Waals surface area contributed by atoms with Crippen molar-refractivity contribution in [3.8, 4) is 0 Å². The standard InChI is InChI=1S/C20H28N2O/c1-12-18-11-15-6-7-16(19(21)23)10-17(15)20(12,3)8-9-22(18)13(2)14-4-5-14/h6-7,10,12-14,18H,4-5,8-9,11H2,1-3H3,(H2,21,23)/t12-,13-,18+,20+/m0/s1. The Morgan fingerprint density at radius 3 is 2.78 bits per heavy atom. The number of carbonyl (C=O) groups is 1. The van der Waals surface area contributed by atoms with E-state index in [9.17, 15) is 4.79 Å². The highest BCUT2D eigenvalue weighted by molar-refractivity contribution is 5.93. The van der Waals surface area contributed by atoms with Gasteiger partial charge in [0.1, 0.15) is 0 Å². The summed E-state index contributed by atoms with van der Waals surface area (Å²) in [7, 11) is 0. The molecule has 4 atom stereocenters. The molecule has 0 radical (unpaired) electrons. The molecule has 3 nitrogen and oxygen atoms in total. The number of benzene rings is 1. The average molecular weight is 312 g/mol. The van der Waals surface area contributed by atoms with Crippen LogP contribution in [-0.4, -0.2) is 29.4 Å². The van der Waals surface area contributed by atoms with Gasteiger partial charge in [-0.15, -0.1) is 0 Å². The molecule has 2 fully saturated rings. The number of fused-ring (bicyclic) bond motifs is 4. The third-order valence-electron chi connectivity index (χ3n) is 7.16. The minimum atomic E-state index is -0.314. The van der Waals surface area contributed by atoms with Gasteiger partial charge in [-0.25, -0.2) is 0 Å². The van der Waals surface area contributed by atoms with Crippen molar-refractivity contribution in [1.29, 1.82) is 0 Å². The first kappa shape index (κ1) is 15.2. The van der Waals surface area contributed by atoms with E-state index in [2.05, 4.69) is 37.8 Å². The summed E-state index contributed by atoms with van der Waals surface area (Å²) in [6, 6.07) is 7.49. The van der Waals surface area contributed by atoms with Crippen LogP contribution in [0.2, 0.25) is 0 Å². The van der Waals surface area contributed by atoms with Crippen LogP contribution in [0.3, 0.4) is 0 Å². The van der Waals surface area contributed by atoms with Gasteiger partial charge in [0, 0.05) is 17.6 Å². The smallest absolute Gasteiger partial charge is 0.248 e. The van der Waals surface area contributed by atoms with E-state index < -0.39 is 0 Å². The Morgan fingerprint density at radius 2 is 2.13 bits per heavy atom. The summed E-state index contributed by atoms with van der Waals surface area (Å²) in [5.74, 6) is 1.23. The monoisotopic (exact) mass is 312 g/mol. The summed E-state index contributed by atoms with van der Waals surface area (Å²) < 4.78 is 0. The Kier molecular flexibility index (Phi) is 3.35. The molecule has 1 heterocycles. The van der Waals surface area contributed by atoms with Crippen molar-refractivity contribution in [2.45, 2.75) is 64.0 Å². The van der Waals surface area contributed by atoms with Gasteiger partial charge in [-0.1, -0.05) is 19.9 Å². The van der Waals surface area contributed by atoms with Gasteiger partial charge in [0.2, 0.25) is 5.91 Å². The number of primary amides is 1. The van der Waals surface area contributed by atoms with E-state index in [1.807, 2.05) is 6.07 Å². The van der Waals surface area contributed by atoms with Crippen LogP contribution in [0, 0.1) is 11.8 Å². The molecule has 1 aromatic carbocycles. The lowest BCUT2D eigenvalue weighted by Gasteiger charge is -2.56. The fourth-order valence-corrected chi connectivity index (χ4v) is 5.16. The van der Waals surface area contributed by atoms with Crippen LogP contribution in [0.4, 0.5) is 0 Å². The van der Waals surface area contributed by atoms with Crippen molar-refractivity contribution in [3.05, 3.63) is 34.9 Å². The molecule has 23 heavy (non-hydrogen) atoms. The van der Waals surface area contributed by atoms with Crippen molar-refractivity contribution in [2.24, 2.45) is 17.6 Å². The molecule has 2 aliphatic carbocycles. The second-order valence-corrected chi connectivity index (χ2v) is 8.28. The van der Waals surface area contributed by atoms with E-state index in [1.165, 1.54) is 36.9 Å². The lowest BCUT2D eigenvalue weighted by Crippen LogP contribution is -2.60. The highest BCUT2D eigenvalue weighted by Crippen LogP contribution is 2.50. The second kappa shape index (κ2) is 5.07. The highest BCUT2D eigenvalue weighted by Gasteiger charge is 2.50. The van der Waals surface area contributed by atoms with Gasteiger partial charge in [-0.3, -0.25) is 9.69 Å². The van der Waals surface area contributed by atoms with Gasteiger partial charge < -0.3 is 5.73 Å². The molecule has 0 aromatic heterocycles. The molecule has 1 amide bonds. The summed E-state index contributed by atoms with van der Waals surface area (Å²) in [6.07, 6.45) is 5.11. The number of carbonyl (C=O) groups excluding carboxylic acids is 1. The highest BCUT2D eigenvalue weighted by atomic mass is 16.1. The predicted molar refractivity (Wildman–Crippen MR) is 92.5 cm³/mol. The zero-order chi connectivity index (χ0) is 16.4. The Morgan fingerprint density at radius 1 is 1.39 bits per heavy atom. The number of hydrogen-bond donors (Lipinski definition) is 1. The largest absolute Gasteiger partial charge is 0.366 e. The summed E-state index contributed by atoms with van der Waals surface area (Å²) >= 11 is 0. The SMILES string of the molecule is C[C@@H](C1CC1)N1CC[C@@]2(C)c3cc(C(N)=O)ccc3C[C@@H]1[C@@H]2C. The van der Waals surface area contributed by atoms with Crippen LogP contribution in [-0.2, 0) is 11.8 Å². The third-order valence-corrected chi connectivity index (χ3v) is 7.16. The Balaban J connectivity index is 1.73. The minimum absolute atomic E-state index is 0.170. The van der Waals surface area contributed by atoms with E-state index in [0.717, 1.165) is 18.4 Å². The van der Waals surface area contributed by atoms with E-state index in [4.69, 9.17) is 5.73 Å². The molecule has 0 unspecified atom stereocenters. The first-order valence-electron chi connectivity index (χ1n) is 9.11. The average Bonchev–Trinajstić information content (AvgIpc) is 3.34. The summed E-state index contributed by atoms with van der Waals surface area (Å²) in [5, 5.41) is 0. The van der Waals surface area contributed by atoms with E-state index >= 15 is 0 Å². The van der Waals surface area contributed by atoms with Crippen molar-refractivity contribution >= 4 is 5.91 Å². The Bertz CT molecular complexity index is 651. The Labute approximate surface area is 139 Å². The van der Waals surface area contributed by atoms with Gasteiger partial charge in [0.05, 0.1) is 0 Å². The van der Waals surface area contributed by atoms with Crippen LogP contribution in [0.5, 0.6) is 0 Å². The first-order chi connectivity index (χ1) is 10.9. The van der Waals surface area contributed by atoms with E-state index in [-0.39, 0.29) is 11.3 Å². The zero-order valence-corrected chi connectivity index (χ0v) is 14.5. The topological polar surface area (TPSA) is 46.3 Å². The van der Waals surface area contributed by atoms with Crippen molar-refractivity contribution in [2.75, 3.05) is 6.54 Å². The molecule has 2 bridgehead atoms. The molecule has 1 aliphatic heterocycles. The first-order valence-corrected chi connectivity index (χ1v) is 9.11. The number of likely N-dealkylation sites (tertiary alicyclic amines) is 1. The predicted octanol–water partition coefficient (Wildman–Crippen LogP) is 3.11. The molecule has 2 N–H and O–H groups in total. The van der Waals surface area contributed by atoms with Crippen molar-refractivity contribution in [3.63, 3.8) is 0 Å². The number of nitrogens with zero attached hydrogens (tertiary/aromatic N) is 1. The number of piperidine rings is 1. The minimum Gasteiger partial charge on any atom is -0.366 e. The van der Waals surface area contributed by atoms with Crippen LogP contribution < -0.4 is 5.73 Å². The fraction of sp³-hybridized carbons (Fsp3) is 0.650. The van der Waals surface area contributed by atoms with Crippen LogP contribution in [0.15, 0.2) is 18.2 Å². The zero-order valence-electron chi connectivity index (χ0n) is 14.5. The molecule has 1 saturated carbocycles. The third kappa shape index (κ3) is 2.24. The molecule has 3 aliphatic rings. The molecule has 4 rings (SSSR count). The van der Waals surface area contributed by atoms with Crippen LogP contribution >= 0.6 is 0 Å². The summed E-state index contributed by atoms with van der Waals surface area (Å²) in [5.41, 5.74) is 9.13. The van der Waals surface area contributed by atoms with E-state index in [0.29, 0.717) is 17.5 Å². The van der Waals surface area contributed by atoms with Gasteiger partial charge in [0.15, 0.2) is 0 Å². The van der Waals surface area contributed by atoms with Crippen molar-refractivity contribution < 1.29 is 4.79 Å². The number of hydrogen-bond acceptors (Lipinski definition) is 2. The molecule has 1 aromatic rings. The molecular weight excluding hydrogens is 284 g/mol. The number of nitrogens with two attached hydrogens (primary N) is 1. The molecule has 1 saturated heterocycles. The quantitative estimate of drug-likeness (QED) is 0.932. The summed E-state index contributed by atoms with van der Waals surface area (Å²) in [4.78, 5) is 14.4. The lowest BCUT2D eigenvalue weighted by molar-refractivity contribution is 0.000499. The maximum Gasteiger partial charge on any atom is 0.248 e. The molecule has 0 spiro atoms. The van der Waals surface area contributed by atoms with Crippen molar-refractivity contribution in [1.82, 2.24) is 4.90 Å². The lowest BCUT2D eigenvalue weighted by atomic mass is 9.58. The molecule has 3 heteroatoms. The van der Waals surface area contributed by atoms with Gasteiger partial charge >= 0.3 is 0 Å². The second-order valence-electron chi connectivity index (χ2n) is 8.28. The van der Waals surface area contributed by atoms with Gasteiger partial charge in [-0.2, -0.15) is 0 Å². The van der Waals surface area contributed by atoms with Crippen LogP contribution in [0.25, 0.3) is 0 Å². The van der Waals surface area contributed by atoms with Crippen LogP contribution in [0.1, 0.15) is 61.5 Å². The fourth-order valence-electron chi connectivity index (χ4n) is 5.16. The number of amides is 1. The normalized spacial score (nSPS) is 34.7. The Hall–Kier alpha value is -1.35. The van der Waals surface area contributed by atoms with E-state index in [1.54, 1.807) is 0 Å². The van der Waals surface area contributed by atoms with Gasteiger partial charge in [0.25, 0.3) is 0 Å². The number of rotatable bonds is 3.